The van der Waals surface area contributed by atoms with Crippen LogP contribution in [0.1, 0.15) is 26.2 Å². The zero-order valence-electron chi connectivity index (χ0n) is 13.7. The lowest BCUT2D eigenvalue weighted by Gasteiger charge is -2.49. The molecule has 1 N–H and O–H groups in total. The molecule has 118 valence electrons. The van der Waals surface area contributed by atoms with Crippen LogP contribution in [0.3, 0.4) is 0 Å². The molecule has 2 rings (SSSR count). The summed E-state index contributed by atoms with van der Waals surface area (Å²) in [6.45, 7) is 3.36. The Balaban J connectivity index is 2.17. The minimum absolute atomic E-state index is 0.229. The van der Waals surface area contributed by atoms with Crippen molar-refractivity contribution < 1.29 is 4.74 Å². The van der Waals surface area contributed by atoms with Gasteiger partial charge in [-0.3, -0.25) is 0 Å². The molecule has 1 aromatic rings. The van der Waals surface area contributed by atoms with Crippen molar-refractivity contribution in [3.05, 3.63) is 0 Å². The number of ether oxygens (including phenoxy) is 1. The predicted octanol–water partition coefficient (Wildman–Crippen LogP) is 1.23. The van der Waals surface area contributed by atoms with E-state index >= 15 is 0 Å². The lowest BCUT2D eigenvalue weighted by Crippen LogP contribution is -2.57. The van der Waals surface area contributed by atoms with E-state index in [9.17, 15) is 0 Å². The van der Waals surface area contributed by atoms with E-state index in [1.807, 2.05) is 14.0 Å². The lowest BCUT2D eigenvalue weighted by atomic mass is 9.75. The number of anilines is 2. The third-order valence-corrected chi connectivity index (χ3v) is 4.21. The van der Waals surface area contributed by atoms with Crippen molar-refractivity contribution in [1.82, 2.24) is 19.9 Å². The van der Waals surface area contributed by atoms with Gasteiger partial charge in [0.2, 0.25) is 11.9 Å². The number of likely N-dealkylation sites (N-methyl/N-ethyl adjacent to an activating group) is 2. The Labute approximate surface area is 126 Å². The number of nitrogens with zero attached hydrogens (tertiary/aromatic N) is 5. The zero-order valence-corrected chi connectivity index (χ0v) is 13.7. The van der Waals surface area contributed by atoms with Crippen LogP contribution >= 0.6 is 0 Å². The van der Waals surface area contributed by atoms with E-state index in [1.54, 1.807) is 7.05 Å². The van der Waals surface area contributed by atoms with E-state index in [0.29, 0.717) is 24.5 Å². The standard InChI is InChI=1S/C14H26N6O/c1-6-21-13-17-11(15-2)16-12(18-13)20(5)10-14(19(3)4)8-7-9-14/h6-10H2,1-5H3,(H,15,16,17,18). The Morgan fingerprint density at radius 1 is 1.19 bits per heavy atom. The fourth-order valence-electron chi connectivity index (χ4n) is 2.67. The van der Waals surface area contributed by atoms with Crippen molar-refractivity contribution in [3.63, 3.8) is 0 Å². The number of nitrogens with one attached hydrogen (secondary N) is 1. The van der Waals surface area contributed by atoms with Crippen molar-refractivity contribution in [3.8, 4) is 6.01 Å². The number of hydrogen-bond acceptors (Lipinski definition) is 7. The maximum absolute atomic E-state index is 5.42. The normalized spacial score (nSPS) is 16.5. The van der Waals surface area contributed by atoms with Gasteiger partial charge >= 0.3 is 6.01 Å². The molecule has 0 radical (unpaired) electrons. The molecule has 0 bridgehead atoms. The van der Waals surface area contributed by atoms with Crippen molar-refractivity contribution in [2.75, 3.05) is 51.6 Å². The average molecular weight is 294 g/mol. The first-order chi connectivity index (χ1) is 10.0. The van der Waals surface area contributed by atoms with Crippen molar-refractivity contribution in [1.29, 1.82) is 0 Å². The molecule has 1 aliphatic rings. The molecule has 21 heavy (non-hydrogen) atoms. The first kappa shape index (κ1) is 15.8. The molecule has 0 saturated heterocycles. The van der Waals surface area contributed by atoms with Crippen LogP contribution in [0.4, 0.5) is 11.9 Å². The van der Waals surface area contributed by atoms with Crippen LogP contribution in [-0.2, 0) is 0 Å². The minimum atomic E-state index is 0.229. The molecule has 0 unspecified atom stereocenters. The lowest BCUT2D eigenvalue weighted by molar-refractivity contribution is 0.0680. The Kier molecular flexibility index (Phi) is 4.82. The summed E-state index contributed by atoms with van der Waals surface area (Å²) >= 11 is 0. The van der Waals surface area contributed by atoms with Gasteiger partial charge in [0.05, 0.1) is 6.61 Å². The van der Waals surface area contributed by atoms with E-state index < -0.39 is 0 Å². The van der Waals surface area contributed by atoms with Gasteiger partial charge in [0.1, 0.15) is 0 Å². The molecule has 0 spiro atoms. The Morgan fingerprint density at radius 2 is 1.90 bits per heavy atom. The summed E-state index contributed by atoms with van der Waals surface area (Å²) < 4.78 is 5.42. The van der Waals surface area contributed by atoms with Gasteiger partial charge in [0.15, 0.2) is 0 Å². The second-order valence-electron chi connectivity index (χ2n) is 5.75. The molecule has 0 aromatic carbocycles. The molecule has 0 aliphatic heterocycles. The van der Waals surface area contributed by atoms with E-state index in [-0.39, 0.29) is 5.54 Å². The summed E-state index contributed by atoms with van der Waals surface area (Å²) in [6.07, 6.45) is 3.72. The molecule has 1 heterocycles. The van der Waals surface area contributed by atoms with Gasteiger partial charge < -0.3 is 19.9 Å². The Morgan fingerprint density at radius 3 is 2.38 bits per heavy atom. The molecule has 7 nitrogen and oxygen atoms in total. The van der Waals surface area contributed by atoms with Crippen LogP contribution in [0.15, 0.2) is 0 Å². The first-order valence-corrected chi connectivity index (χ1v) is 7.46. The molecule has 0 amide bonds. The molecular formula is C14H26N6O. The summed E-state index contributed by atoms with van der Waals surface area (Å²) in [4.78, 5) is 17.4. The van der Waals surface area contributed by atoms with Crippen LogP contribution in [0.25, 0.3) is 0 Å². The summed E-state index contributed by atoms with van der Waals surface area (Å²) in [7, 11) is 8.10. The van der Waals surface area contributed by atoms with Crippen molar-refractivity contribution in [2.45, 2.75) is 31.7 Å². The molecule has 0 atom stereocenters. The van der Waals surface area contributed by atoms with Crippen LogP contribution in [0.2, 0.25) is 0 Å². The fraction of sp³-hybridized carbons (Fsp3) is 0.786. The maximum Gasteiger partial charge on any atom is 0.323 e. The summed E-state index contributed by atoms with van der Waals surface area (Å²) in [5.41, 5.74) is 0.229. The first-order valence-electron chi connectivity index (χ1n) is 7.46. The second kappa shape index (κ2) is 6.43. The highest BCUT2D eigenvalue weighted by Crippen LogP contribution is 2.37. The van der Waals surface area contributed by atoms with Crippen LogP contribution in [0, 0.1) is 0 Å². The number of aromatic nitrogens is 3. The zero-order chi connectivity index (χ0) is 15.5. The second-order valence-corrected chi connectivity index (χ2v) is 5.75. The smallest absolute Gasteiger partial charge is 0.323 e. The van der Waals surface area contributed by atoms with E-state index in [0.717, 1.165) is 6.54 Å². The highest BCUT2D eigenvalue weighted by molar-refractivity contribution is 5.38. The van der Waals surface area contributed by atoms with Crippen molar-refractivity contribution in [2.24, 2.45) is 0 Å². The van der Waals surface area contributed by atoms with Gasteiger partial charge in [-0.25, -0.2) is 0 Å². The minimum Gasteiger partial charge on any atom is -0.464 e. The van der Waals surface area contributed by atoms with Crippen LogP contribution in [-0.4, -0.2) is 66.7 Å². The van der Waals surface area contributed by atoms with Crippen LogP contribution < -0.4 is 15.0 Å². The van der Waals surface area contributed by atoms with Gasteiger partial charge in [-0.05, 0) is 40.3 Å². The number of hydrogen-bond donors (Lipinski definition) is 1. The SMILES string of the molecule is CCOc1nc(NC)nc(N(C)CC2(N(C)C)CCC2)n1. The Bertz CT molecular complexity index is 475. The molecular weight excluding hydrogens is 268 g/mol. The summed E-state index contributed by atoms with van der Waals surface area (Å²) in [5, 5.41) is 2.96. The highest BCUT2D eigenvalue weighted by Gasteiger charge is 2.40. The molecule has 1 saturated carbocycles. The number of rotatable bonds is 7. The predicted molar refractivity (Wildman–Crippen MR) is 84.1 cm³/mol. The van der Waals surface area contributed by atoms with Gasteiger partial charge in [-0.1, -0.05) is 0 Å². The third kappa shape index (κ3) is 3.34. The molecule has 1 fully saturated rings. The van der Waals surface area contributed by atoms with Crippen LogP contribution in [0.5, 0.6) is 6.01 Å². The summed E-state index contributed by atoms with van der Waals surface area (Å²) in [6, 6.07) is 0.367. The molecule has 1 aliphatic carbocycles. The van der Waals surface area contributed by atoms with Gasteiger partial charge in [0.25, 0.3) is 0 Å². The quantitative estimate of drug-likeness (QED) is 0.811. The fourth-order valence-corrected chi connectivity index (χ4v) is 2.67. The maximum atomic E-state index is 5.42. The highest BCUT2D eigenvalue weighted by atomic mass is 16.5. The van der Waals surface area contributed by atoms with Gasteiger partial charge in [0, 0.05) is 26.2 Å². The van der Waals surface area contributed by atoms with E-state index in [2.05, 4.69) is 44.2 Å². The monoisotopic (exact) mass is 294 g/mol. The van der Waals surface area contributed by atoms with E-state index in [4.69, 9.17) is 4.74 Å². The topological polar surface area (TPSA) is 66.4 Å². The van der Waals surface area contributed by atoms with Gasteiger partial charge in [-0.15, -0.1) is 0 Å². The third-order valence-electron chi connectivity index (χ3n) is 4.21. The van der Waals surface area contributed by atoms with Gasteiger partial charge in [-0.2, -0.15) is 15.0 Å². The largest absolute Gasteiger partial charge is 0.464 e. The molecule has 1 aromatic heterocycles. The van der Waals surface area contributed by atoms with Crippen molar-refractivity contribution >= 4 is 11.9 Å². The van der Waals surface area contributed by atoms with E-state index in [1.165, 1.54) is 19.3 Å². The molecule has 7 heteroatoms. The average Bonchev–Trinajstić information content (AvgIpc) is 2.42. The Hall–Kier alpha value is -1.63. The summed E-state index contributed by atoms with van der Waals surface area (Å²) in [5.74, 6) is 1.17.